The summed E-state index contributed by atoms with van der Waals surface area (Å²) in [7, 11) is 0. The first-order valence-corrected chi connectivity index (χ1v) is 4.69. The van der Waals surface area contributed by atoms with Crippen LogP contribution in [-0.2, 0) is 9.68 Å². The Morgan fingerprint density at radius 2 is 1.33 bits per heavy atom. The van der Waals surface area contributed by atoms with Gasteiger partial charge in [0.1, 0.15) is 13.2 Å². The molecule has 0 aromatic rings. The van der Waals surface area contributed by atoms with E-state index in [1.807, 2.05) is 0 Å². The summed E-state index contributed by atoms with van der Waals surface area (Å²) in [4.78, 5) is 28.0. The van der Waals surface area contributed by atoms with E-state index >= 15 is 0 Å². The summed E-state index contributed by atoms with van der Waals surface area (Å²) in [5.74, 6) is -0.309. The van der Waals surface area contributed by atoms with Crippen molar-refractivity contribution in [3.8, 4) is 0 Å². The second kappa shape index (κ2) is 6.46. The fourth-order valence-corrected chi connectivity index (χ4v) is 1.21. The molecule has 0 bridgehead atoms. The molecular formula is C5H8Cl2N2O6. The van der Waals surface area contributed by atoms with E-state index in [-0.39, 0.29) is 11.8 Å². The molecule has 0 heterocycles. The summed E-state index contributed by atoms with van der Waals surface area (Å²) < 4.78 is 0. The van der Waals surface area contributed by atoms with Gasteiger partial charge < -0.3 is 9.68 Å². The van der Waals surface area contributed by atoms with E-state index < -0.39 is 28.8 Å². The highest BCUT2D eigenvalue weighted by atomic mass is 35.5. The van der Waals surface area contributed by atoms with Crippen molar-refractivity contribution in [2.24, 2.45) is 5.41 Å². The Morgan fingerprint density at radius 3 is 1.53 bits per heavy atom. The number of halogens is 2. The molecule has 10 heteroatoms. The molecule has 0 N–H and O–H groups in total. The molecule has 0 radical (unpaired) electrons. The number of alkyl halides is 2. The minimum absolute atomic E-state index is 0.155. The maximum Gasteiger partial charge on any atom is 0.294 e. The van der Waals surface area contributed by atoms with Crippen molar-refractivity contribution in [1.29, 1.82) is 0 Å². The molecule has 0 aromatic carbocycles. The van der Waals surface area contributed by atoms with Gasteiger partial charge in [0.2, 0.25) is 0 Å². The number of nitrogens with zero attached hydrogens (tertiary/aromatic N) is 2. The van der Waals surface area contributed by atoms with Gasteiger partial charge in [-0.15, -0.1) is 43.4 Å². The molecule has 0 saturated carbocycles. The average Bonchev–Trinajstić information content (AvgIpc) is 2.19. The summed E-state index contributed by atoms with van der Waals surface area (Å²) in [6.45, 7) is -0.915. The largest absolute Gasteiger partial charge is 0.313 e. The summed E-state index contributed by atoms with van der Waals surface area (Å²) >= 11 is 11.0. The zero-order valence-corrected chi connectivity index (χ0v) is 8.94. The highest BCUT2D eigenvalue weighted by Crippen LogP contribution is 2.22. The van der Waals surface area contributed by atoms with Crippen LogP contribution in [0.1, 0.15) is 0 Å². The zero-order valence-electron chi connectivity index (χ0n) is 7.43. The molecule has 8 nitrogen and oxygen atoms in total. The fraction of sp³-hybridized carbons (Fsp3) is 1.00. The predicted octanol–water partition coefficient (Wildman–Crippen LogP) is 0.867. The van der Waals surface area contributed by atoms with Gasteiger partial charge in [-0.05, 0) is 0 Å². The van der Waals surface area contributed by atoms with Gasteiger partial charge in [0.25, 0.3) is 10.2 Å². The quantitative estimate of drug-likeness (QED) is 0.365. The molecule has 0 aliphatic carbocycles. The molecule has 0 rings (SSSR count). The van der Waals surface area contributed by atoms with Gasteiger partial charge in [-0.25, -0.2) is 0 Å². The van der Waals surface area contributed by atoms with Crippen LogP contribution in [0.5, 0.6) is 0 Å². The molecule has 0 fully saturated rings. The highest BCUT2D eigenvalue weighted by molar-refractivity contribution is 6.21. The number of rotatable bonds is 8. The van der Waals surface area contributed by atoms with E-state index in [1.54, 1.807) is 0 Å². The Kier molecular flexibility index (Phi) is 6.02. The maximum absolute atomic E-state index is 9.94. The molecule has 88 valence electrons. The smallest absolute Gasteiger partial charge is 0.294 e. The minimum atomic E-state index is -1.15. The van der Waals surface area contributed by atoms with Crippen molar-refractivity contribution in [2.75, 3.05) is 25.0 Å². The van der Waals surface area contributed by atoms with Crippen molar-refractivity contribution >= 4 is 23.2 Å². The van der Waals surface area contributed by atoms with Crippen LogP contribution in [0.25, 0.3) is 0 Å². The van der Waals surface area contributed by atoms with Gasteiger partial charge in [0, 0.05) is 17.2 Å². The second-order valence-corrected chi connectivity index (χ2v) is 3.30. The fourth-order valence-electron chi connectivity index (χ4n) is 0.611. The summed E-state index contributed by atoms with van der Waals surface area (Å²) in [6.07, 6.45) is 0. The first-order valence-electron chi connectivity index (χ1n) is 3.62. The topological polar surface area (TPSA) is 105 Å². The molecule has 0 saturated heterocycles. The van der Waals surface area contributed by atoms with Gasteiger partial charge in [0.05, 0.1) is 0 Å². The summed E-state index contributed by atoms with van der Waals surface area (Å²) in [5, 5.41) is 17.8. The second-order valence-electron chi connectivity index (χ2n) is 2.76. The summed E-state index contributed by atoms with van der Waals surface area (Å²) in [5.41, 5.74) is -1.15. The van der Waals surface area contributed by atoms with Crippen LogP contribution in [0.2, 0.25) is 0 Å². The van der Waals surface area contributed by atoms with Gasteiger partial charge in [-0.2, -0.15) is 0 Å². The first kappa shape index (κ1) is 14.0. The predicted molar refractivity (Wildman–Crippen MR) is 49.8 cm³/mol. The average molecular weight is 263 g/mol. The Hall–Kier alpha value is -1.02. The van der Waals surface area contributed by atoms with Gasteiger partial charge >= 0.3 is 0 Å². The molecule has 15 heavy (non-hydrogen) atoms. The zero-order chi connectivity index (χ0) is 11.9. The lowest BCUT2D eigenvalue weighted by molar-refractivity contribution is -0.771. The molecule has 0 amide bonds. The van der Waals surface area contributed by atoms with E-state index in [9.17, 15) is 20.2 Å². The lowest BCUT2D eigenvalue weighted by Gasteiger charge is -2.26. The lowest BCUT2D eigenvalue weighted by atomic mass is 9.96. The summed E-state index contributed by atoms with van der Waals surface area (Å²) in [6, 6.07) is 0. The van der Waals surface area contributed by atoms with Gasteiger partial charge in [0.15, 0.2) is 0 Å². The van der Waals surface area contributed by atoms with Crippen LogP contribution < -0.4 is 0 Å². The third kappa shape index (κ3) is 5.43. The van der Waals surface area contributed by atoms with Gasteiger partial charge in [-0.1, -0.05) is 0 Å². The highest BCUT2D eigenvalue weighted by Gasteiger charge is 2.32. The van der Waals surface area contributed by atoms with Crippen LogP contribution in [0.15, 0.2) is 0 Å². The number of hydrogen-bond donors (Lipinski definition) is 0. The lowest BCUT2D eigenvalue weighted by Crippen LogP contribution is -2.37. The first-order chi connectivity index (χ1) is 6.95. The van der Waals surface area contributed by atoms with Crippen molar-refractivity contribution in [1.82, 2.24) is 0 Å². The van der Waals surface area contributed by atoms with E-state index in [4.69, 9.17) is 23.2 Å². The van der Waals surface area contributed by atoms with E-state index in [0.717, 1.165) is 0 Å². The van der Waals surface area contributed by atoms with E-state index in [0.29, 0.717) is 0 Å². The van der Waals surface area contributed by atoms with Gasteiger partial charge in [-0.3, -0.25) is 0 Å². The molecule has 0 spiro atoms. The Labute approximate surface area is 94.2 Å². The molecular weight excluding hydrogens is 255 g/mol. The third-order valence-corrected chi connectivity index (χ3v) is 2.65. The van der Waals surface area contributed by atoms with Crippen molar-refractivity contribution in [3.63, 3.8) is 0 Å². The van der Waals surface area contributed by atoms with Crippen LogP contribution in [0.4, 0.5) is 0 Å². The molecule has 0 aromatic heterocycles. The van der Waals surface area contributed by atoms with Crippen LogP contribution in [-0.4, -0.2) is 35.1 Å². The molecule has 0 aliphatic rings. The molecule has 0 unspecified atom stereocenters. The van der Waals surface area contributed by atoms with Crippen molar-refractivity contribution in [3.05, 3.63) is 20.2 Å². The van der Waals surface area contributed by atoms with Crippen LogP contribution in [0, 0.1) is 25.6 Å². The van der Waals surface area contributed by atoms with E-state index in [2.05, 4.69) is 9.68 Å². The normalized spacial score (nSPS) is 10.8. The Bertz CT molecular complexity index is 214. The van der Waals surface area contributed by atoms with Crippen molar-refractivity contribution in [2.45, 2.75) is 0 Å². The molecule has 0 atom stereocenters. The Balaban J connectivity index is 4.29. The van der Waals surface area contributed by atoms with Crippen molar-refractivity contribution < 1.29 is 19.8 Å². The van der Waals surface area contributed by atoms with E-state index in [1.165, 1.54) is 0 Å². The monoisotopic (exact) mass is 262 g/mol. The molecule has 0 aliphatic heterocycles. The maximum atomic E-state index is 9.94. The SMILES string of the molecule is O=[N+]([O-])OCC(CCl)(CCl)CO[N+](=O)[O-]. The standard InChI is InChI=1S/C5H8Cl2N2O6/c6-1-5(2-7,3-14-8(10)11)4-15-9(12)13/h1-4H2. The van der Waals surface area contributed by atoms with Crippen LogP contribution >= 0.6 is 23.2 Å². The van der Waals surface area contributed by atoms with Crippen LogP contribution in [0.3, 0.4) is 0 Å². The minimum Gasteiger partial charge on any atom is -0.313 e. The third-order valence-electron chi connectivity index (χ3n) is 1.52. The Morgan fingerprint density at radius 1 is 1.00 bits per heavy atom. The number of hydrogen-bond acceptors (Lipinski definition) is 6.